The van der Waals surface area contributed by atoms with Gasteiger partial charge in [0.15, 0.2) is 5.79 Å². The topological polar surface area (TPSA) is 44.8 Å². The third kappa shape index (κ3) is 1.99. The molecule has 0 bridgehead atoms. The molecule has 0 radical (unpaired) electrons. The molecule has 0 aromatic carbocycles. The van der Waals surface area contributed by atoms with E-state index in [2.05, 4.69) is 0 Å². The first-order chi connectivity index (χ1) is 8.16. The Kier molecular flexibility index (Phi) is 3.51. The van der Waals surface area contributed by atoms with E-state index in [1.165, 1.54) is 12.0 Å². The first-order valence-corrected chi connectivity index (χ1v) is 6.30. The molecule has 5 heteroatoms. The molecule has 0 amide bonds. The Balaban J connectivity index is 2.28. The van der Waals surface area contributed by atoms with E-state index in [0.29, 0.717) is 12.8 Å². The van der Waals surface area contributed by atoms with E-state index in [9.17, 15) is 4.79 Å². The fourth-order valence-corrected chi connectivity index (χ4v) is 3.46. The predicted octanol–water partition coefficient (Wildman–Crippen LogP) is 2.24. The number of carbonyl (C=O) groups excluding carboxylic acids is 1. The number of ether oxygens (including phenoxy) is 3. The fourth-order valence-electron chi connectivity index (χ4n) is 2.40. The third-order valence-corrected chi connectivity index (χ3v) is 4.37. The van der Waals surface area contributed by atoms with Gasteiger partial charge in [0.25, 0.3) is 0 Å². The van der Waals surface area contributed by atoms with Crippen LogP contribution in [0.5, 0.6) is 0 Å². The van der Waals surface area contributed by atoms with Gasteiger partial charge in [0.1, 0.15) is 0 Å². The van der Waals surface area contributed by atoms with Gasteiger partial charge in [0.05, 0.1) is 13.5 Å². The molecule has 1 aliphatic rings. The number of esters is 1. The average molecular weight is 256 g/mol. The molecule has 0 N–H and O–H groups in total. The SMILES string of the molecule is COC(=O)CC1CC(OC)(OC)c2ccsc21. The Labute approximate surface area is 104 Å². The molecule has 17 heavy (non-hydrogen) atoms. The second-order valence-corrected chi connectivity index (χ2v) is 4.99. The summed E-state index contributed by atoms with van der Waals surface area (Å²) in [6.45, 7) is 0. The van der Waals surface area contributed by atoms with Crippen LogP contribution in [0.1, 0.15) is 29.2 Å². The molecule has 2 rings (SSSR count). The van der Waals surface area contributed by atoms with E-state index in [-0.39, 0.29) is 11.9 Å². The minimum absolute atomic E-state index is 0.123. The van der Waals surface area contributed by atoms with Crippen molar-refractivity contribution in [3.8, 4) is 0 Å². The largest absolute Gasteiger partial charge is 0.469 e. The summed E-state index contributed by atoms with van der Waals surface area (Å²) in [4.78, 5) is 12.6. The van der Waals surface area contributed by atoms with Crippen molar-refractivity contribution in [2.45, 2.75) is 24.5 Å². The molecule has 0 aliphatic heterocycles. The van der Waals surface area contributed by atoms with Crippen molar-refractivity contribution in [1.82, 2.24) is 0 Å². The van der Waals surface area contributed by atoms with Crippen molar-refractivity contribution < 1.29 is 19.0 Å². The Morgan fingerprint density at radius 1 is 1.47 bits per heavy atom. The monoisotopic (exact) mass is 256 g/mol. The van der Waals surface area contributed by atoms with Crippen molar-refractivity contribution in [2.75, 3.05) is 21.3 Å². The molecular formula is C12H16O4S. The first kappa shape index (κ1) is 12.5. The second kappa shape index (κ2) is 4.76. The molecule has 1 unspecified atom stereocenters. The lowest BCUT2D eigenvalue weighted by molar-refractivity contribution is -0.215. The normalized spacial score (nSPS) is 21.2. The number of fused-ring (bicyclic) bond motifs is 1. The molecule has 1 atom stereocenters. The molecule has 0 saturated carbocycles. The van der Waals surface area contributed by atoms with Crippen molar-refractivity contribution in [1.29, 1.82) is 0 Å². The Morgan fingerprint density at radius 2 is 2.18 bits per heavy atom. The van der Waals surface area contributed by atoms with E-state index in [4.69, 9.17) is 14.2 Å². The molecular weight excluding hydrogens is 240 g/mol. The van der Waals surface area contributed by atoms with Crippen LogP contribution >= 0.6 is 11.3 Å². The number of hydrogen-bond donors (Lipinski definition) is 0. The Hall–Kier alpha value is -0.910. The van der Waals surface area contributed by atoms with Crippen molar-refractivity contribution in [2.24, 2.45) is 0 Å². The molecule has 94 valence electrons. The van der Waals surface area contributed by atoms with E-state index in [1.54, 1.807) is 25.6 Å². The van der Waals surface area contributed by atoms with Crippen molar-refractivity contribution >= 4 is 17.3 Å². The molecule has 0 fully saturated rings. The lowest BCUT2D eigenvalue weighted by Crippen LogP contribution is -2.27. The van der Waals surface area contributed by atoms with Crippen LogP contribution in [0.3, 0.4) is 0 Å². The molecule has 1 aliphatic carbocycles. The molecule has 0 spiro atoms. The zero-order valence-corrected chi connectivity index (χ0v) is 11.0. The highest BCUT2D eigenvalue weighted by molar-refractivity contribution is 7.10. The maximum Gasteiger partial charge on any atom is 0.306 e. The lowest BCUT2D eigenvalue weighted by atomic mass is 10.0. The highest BCUT2D eigenvalue weighted by atomic mass is 32.1. The maximum atomic E-state index is 11.4. The van der Waals surface area contributed by atoms with Crippen LogP contribution in [0.2, 0.25) is 0 Å². The van der Waals surface area contributed by atoms with Gasteiger partial charge < -0.3 is 14.2 Å². The van der Waals surface area contributed by atoms with E-state index in [0.717, 1.165) is 5.56 Å². The van der Waals surface area contributed by atoms with Gasteiger partial charge in [0.2, 0.25) is 0 Å². The summed E-state index contributed by atoms with van der Waals surface area (Å²) in [5.41, 5.74) is 1.04. The van der Waals surface area contributed by atoms with Crippen molar-refractivity contribution in [3.05, 3.63) is 21.9 Å². The van der Waals surface area contributed by atoms with Crippen LogP contribution in [0, 0.1) is 0 Å². The van der Waals surface area contributed by atoms with Gasteiger partial charge in [-0.1, -0.05) is 0 Å². The minimum atomic E-state index is -0.700. The average Bonchev–Trinajstić information content (AvgIpc) is 2.92. The van der Waals surface area contributed by atoms with Gasteiger partial charge in [-0.25, -0.2) is 0 Å². The highest BCUT2D eigenvalue weighted by Crippen LogP contribution is 2.50. The predicted molar refractivity (Wildman–Crippen MR) is 64.0 cm³/mol. The minimum Gasteiger partial charge on any atom is -0.469 e. The quantitative estimate of drug-likeness (QED) is 0.612. The highest BCUT2D eigenvalue weighted by Gasteiger charge is 2.46. The van der Waals surface area contributed by atoms with Crippen LogP contribution in [0.4, 0.5) is 0 Å². The standard InChI is InChI=1S/C12H16O4S/c1-14-10(13)6-8-7-12(15-2,16-3)9-4-5-17-11(8)9/h4-5,8H,6-7H2,1-3H3. The van der Waals surface area contributed by atoms with Crippen molar-refractivity contribution in [3.63, 3.8) is 0 Å². The Morgan fingerprint density at radius 3 is 2.76 bits per heavy atom. The summed E-state index contributed by atoms with van der Waals surface area (Å²) in [5, 5.41) is 2.00. The number of rotatable bonds is 4. The van der Waals surface area contributed by atoms with Crippen LogP contribution < -0.4 is 0 Å². The van der Waals surface area contributed by atoms with E-state index >= 15 is 0 Å². The van der Waals surface area contributed by atoms with Gasteiger partial charge in [0, 0.05) is 37.0 Å². The zero-order chi connectivity index (χ0) is 12.5. The van der Waals surface area contributed by atoms with Crippen LogP contribution in [-0.4, -0.2) is 27.3 Å². The van der Waals surface area contributed by atoms with Gasteiger partial charge in [-0.3, -0.25) is 4.79 Å². The van der Waals surface area contributed by atoms with E-state index < -0.39 is 5.79 Å². The van der Waals surface area contributed by atoms with Crippen LogP contribution in [0.15, 0.2) is 11.4 Å². The Bertz CT molecular complexity index is 408. The van der Waals surface area contributed by atoms with Gasteiger partial charge in [-0.05, 0) is 11.4 Å². The smallest absolute Gasteiger partial charge is 0.306 e. The van der Waals surface area contributed by atoms with Gasteiger partial charge >= 0.3 is 5.97 Å². The van der Waals surface area contributed by atoms with Gasteiger partial charge in [-0.15, -0.1) is 11.3 Å². The molecule has 4 nitrogen and oxygen atoms in total. The molecule has 1 aromatic heterocycles. The summed E-state index contributed by atoms with van der Waals surface area (Å²) in [6, 6.07) is 2.00. The fraction of sp³-hybridized carbons (Fsp3) is 0.583. The second-order valence-electron chi connectivity index (χ2n) is 4.04. The molecule has 1 heterocycles. The summed E-state index contributed by atoms with van der Waals surface area (Å²) in [7, 11) is 4.67. The van der Waals surface area contributed by atoms with Gasteiger partial charge in [-0.2, -0.15) is 0 Å². The third-order valence-electron chi connectivity index (χ3n) is 3.29. The number of thiophene rings is 1. The maximum absolute atomic E-state index is 11.4. The van der Waals surface area contributed by atoms with Crippen LogP contribution in [-0.2, 0) is 24.8 Å². The number of hydrogen-bond acceptors (Lipinski definition) is 5. The number of methoxy groups -OCH3 is 3. The summed E-state index contributed by atoms with van der Waals surface area (Å²) < 4.78 is 15.7. The molecule has 1 aromatic rings. The van der Waals surface area contributed by atoms with E-state index in [1.807, 2.05) is 11.4 Å². The lowest BCUT2D eigenvalue weighted by Gasteiger charge is -2.26. The van der Waals surface area contributed by atoms with Crippen LogP contribution in [0.25, 0.3) is 0 Å². The first-order valence-electron chi connectivity index (χ1n) is 5.42. The summed E-state index contributed by atoms with van der Waals surface area (Å²) in [5.74, 6) is -0.775. The zero-order valence-electron chi connectivity index (χ0n) is 10.2. The number of carbonyl (C=O) groups is 1. The summed E-state index contributed by atoms with van der Waals surface area (Å²) >= 11 is 1.64. The molecule has 0 saturated heterocycles. The summed E-state index contributed by atoms with van der Waals surface area (Å²) in [6.07, 6.45) is 1.04.